The van der Waals surface area contributed by atoms with Crippen LogP contribution in [0.3, 0.4) is 0 Å². The lowest BCUT2D eigenvalue weighted by atomic mass is 10.2. The number of fused-ring (bicyclic) bond motifs is 1. The molecule has 5 heteroatoms. The van der Waals surface area contributed by atoms with Gasteiger partial charge in [0.2, 0.25) is 0 Å². The van der Waals surface area contributed by atoms with Gasteiger partial charge in [-0.2, -0.15) is 0 Å². The summed E-state index contributed by atoms with van der Waals surface area (Å²) in [7, 11) is 0. The molecule has 1 heterocycles. The molecular formula is C7H5FN2O2. The third-order valence-corrected chi connectivity index (χ3v) is 1.61. The molecule has 0 unspecified atom stereocenters. The van der Waals surface area contributed by atoms with Crippen LogP contribution < -0.4 is 5.56 Å². The monoisotopic (exact) mass is 168 g/mol. The number of aromatic amines is 2. The SMILES string of the molecule is O=c1[nH][nH]c2cc(O)cc(F)c12. The second-order valence-corrected chi connectivity index (χ2v) is 2.43. The average Bonchev–Trinajstić information content (AvgIpc) is 2.31. The van der Waals surface area contributed by atoms with Gasteiger partial charge in [0.25, 0.3) is 5.56 Å². The number of rotatable bonds is 0. The number of aromatic hydroxyl groups is 1. The van der Waals surface area contributed by atoms with Crippen LogP contribution >= 0.6 is 0 Å². The second-order valence-electron chi connectivity index (χ2n) is 2.43. The quantitative estimate of drug-likeness (QED) is 0.542. The topological polar surface area (TPSA) is 68.9 Å². The maximum absolute atomic E-state index is 12.9. The molecule has 1 aromatic heterocycles. The molecule has 0 saturated carbocycles. The van der Waals surface area contributed by atoms with Crippen molar-refractivity contribution in [3.05, 3.63) is 28.3 Å². The number of hydrogen-bond acceptors (Lipinski definition) is 2. The number of nitrogens with one attached hydrogen (secondary N) is 2. The van der Waals surface area contributed by atoms with E-state index in [4.69, 9.17) is 5.11 Å². The fourth-order valence-electron chi connectivity index (χ4n) is 1.11. The van der Waals surface area contributed by atoms with Gasteiger partial charge in [0.05, 0.1) is 5.52 Å². The Kier molecular flexibility index (Phi) is 1.21. The number of H-pyrrole nitrogens is 2. The lowest BCUT2D eigenvalue weighted by Crippen LogP contribution is -1.99. The van der Waals surface area contributed by atoms with E-state index in [0.717, 1.165) is 6.07 Å². The summed E-state index contributed by atoms with van der Waals surface area (Å²) in [6, 6.07) is 2.17. The Morgan fingerprint density at radius 3 is 2.83 bits per heavy atom. The van der Waals surface area contributed by atoms with Crippen molar-refractivity contribution in [3.8, 4) is 5.75 Å². The normalized spacial score (nSPS) is 10.8. The van der Waals surface area contributed by atoms with Gasteiger partial charge in [-0.25, -0.2) is 4.39 Å². The Morgan fingerprint density at radius 1 is 1.33 bits per heavy atom. The Balaban J connectivity index is 3.03. The smallest absolute Gasteiger partial charge is 0.274 e. The zero-order chi connectivity index (χ0) is 8.72. The summed E-state index contributed by atoms with van der Waals surface area (Å²) in [6.45, 7) is 0. The van der Waals surface area contributed by atoms with E-state index >= 15 is 0 Å². The minimum atomic E-state index is -0.729. The van der Waals surface area contributed by atoms with E-state index in [9.17, 15) is 9.18 Å². The van der Waals surface area contributed by atoms with E-state index in [1.54, 1.807) is 0 Å². The summed E-state index contributed by atoms with van der Waals surface area (Å²) < 4.78 is 12.9. The minimum absolute atomic E-state index is 0.0622. The predicted molar refractivity (Wildman–Crippen MR) is 40.5 cm³/mol. The second kappa shape index (κ2) is 2.10. The largest absolute Gasteiger partial charge is 0.508 e. The van der Waals surface area contributed by atoms with Gasteiger partial charge in [-0.3, -0.25) is 15.0 Å². The van der Waals surface area contributed by atoms with E-state index in [2.05, 4.69) is 10.2 Å². The molecule has 0 radical (unpaired) electrons. The lowest BCUT2D eigenvalue weighted by molar-refractivity contribution is 0.471. The molecule has 0 amide bonds. The van der Waals surface area contributed by atoms with Crippen molar-refractivity contribution >= 4 is 10.9 Å². The highest BCUT2D eigenvalue weighted by molar-refractivity contribution is 5.79. The van der Waals surface area contributed by atoms with Crippen LogP contribution in [0.1, 0.15) is 0 Å². The Bertz CT molecular complexity index is 486. The highest BCUT2D eigenvalue weighted by atomic mass is 19.1. The summed E-state index contributed by atoms with van der Waals surface area (Å²) in [5.41, 5.74) is -0.264. The van der Waals surface area contributed by atoms with Gasteiger partial charge < -0.3 is 5.11 Å². The third kappa shape index (κ3) is 0.795. The summed E-state index contributed by atoms with van der Waals surface area (Å²) in [6.07, 6.45) is 0. The Labute approximate surface area is 65.6 Å². The summed E-state index contributed by atoms with van der Waals surface area (Å²) in [4.78, 5) is 10.9. The highest BCUT2D eigenvalue weighted by Gasteiger charge is 2.07. The maximum Gasteiger partial charge on any atom is 0.274 e. The molecule has 62 valence electrons. The van der Waals surface area contributed by atoms with Gasteiger partial charge in [0.1, 0.15) is 17.0 Å². The lowest BCUT2D eigenvalue weighted by Gasteiger charge is -1.92. The highest BCUT2D eigenvalue weighted by Crippen LogP contribution is 2.18. The van der Waals surface area contributed by atoms with Crippen molar-refractivity contribution in [2.45, 2.75) is 0 Å². The molecule has 2 rings (SSSR count). The fraction of sp³-hybridized carbons (Fsp3) is 0. The van der Waals surface area contributed by atoms with E-state index in [0.29, 0.717) is 0 Å². The van der Waals surface area contributed by atoms with Crippen LogP contribution in [0.2, 0.25) is 0 Å². The first-order valence-electron chi connectivity index (χ1n) is 3.27. The number of phenolic OH excluding ortho intramolecular Hbond substituents is 1. The van der Waals surface area contributed by atoms with Crippen LogP contribution in [0.25, 0.3) is 10.9 Å². The van der Waals surface area contributed by atoms with Gasteiger partial charge in [-0.15, -0.1) is 0 Å². The van der Waals surface area contributed by atoms with Crippen molar-refractivity contribution in [3.63, 3.8) is 0 Å². The van der Waals surface area contributed by atoms with E-state index in [-0.39, 0.29) is 16.7 Å². The summed E-state index contributed by atoms with van der Waals surface area (Å²) >= 11 is 0. The van der Waals surface area contributed by atoms with Crippen LogP contribution in [0.5, 0.6) is 5.75 Å². The summed E-state index contributed by atoms with van der Waals surface area (Å²) in [5.74, 6) is -0.942. The molecule has 0 bridgehead atoms. The van der Waals surface area contributed by atoms with E-state index in [1.807, 2.05) is 0 Å². The van der Waals surface area contributed by atoms with E-state index in [1.165, 1.54) is 6.07 Å². The van der Waals surface area contributed by atoms with Crippen molar-refractivity contribution in [1.29, 1.82) is 0 Å². The molecule has 3 N–H and O–H groups in total. The standard InChI is InChI=1S/C7H5FN2O2/c8-4-1-3(11)2-5-6(4)7(12)10-9-5/h1-2,11H,(H2,9,10,12). The van der Waals surface area contributed by atoms with E-state index < -0.39 is 11.4 Å². The molecule has 12 heavy (non-hydrogen) atoms. The molecular weight excluding hydrogens is 163 g/mol. The number of benzene rings is 1. The van der Waals surface area contributed by atoms with Crippen LogP contribution in [0.4, 0.5) is 4.39 Å². The predicted octanol–water partition coefficient (Wildman–Crippen LogP) is 0.701. The molecule has 0 atom stereocenters. The van der Waals surface area contributed by atoms with Crippen LogP contribution in [-0.4, -0.2) is 15.3 Å². The molecule has 2 aromatic rings. The first-order chi connectivity index (χ1) is 5.68. The minimum Gasteiger partial charge on any atom is -0.508 e. The number of phenols is 1. The zero-order valence-corrected chi connectivity index (χ0v) is 5.89. The first kappa shape index (κ1) is 6.90. The van der Waals surface area contributed by atoms with Crippen molar-refractivity contribution < 1.29 is 9.50 Å². The van der Waals surface area contributed by atoms with Gasteiger partial charge in [-0.05, 0) is 0 Å². The average molecular weight is 168 g/mol. The first-order valence-corrected chi connectivity index (χ1v) is 3.27. The van der Waals surface area contributed by atoms with Crippen molar-refractivity contribution in [1.82, 2.24) is 10.2 Å². The van der Waals surface area contributed by atoms with Crippen molar-refractivity contribution in [2.75, 3.05) is 0 Å². The molecule has 0 aliphatic rings. The molecule has 0 aliphatic heterocycles. The van der Waals surface area contributed by atoms with Gasteiger partial charge in [0, 0.05) is 12.1 Å². The molecule has 0 spiro atoms. The zero-order valence-electron chi connectivity index (χ0n) is 5.89. The molecule has 0 saturated heterocycles. The molecule has 0 fully saturated rings. The fourth-order valence-corrected chi connectivity index (χ4v) is 1.11. The van der Waals surface area contributed by atoms with Gasteiger partial charge in [0.15, 0.2) is 0 Å². The van der Waals surface area contributed by atoms with Gasteiger partial charge >= 0.3 is 0 Å². The molecule has 4 nitrogen and oxygen atoms in total. The van der Waals surface area contributed by atoms with Crippen LogP contribution in [0, 0.1) is 5.82 Å². The van der Waals surface area contributed by atoms with Crippen molar-refractivity contribution in [2.24, 2.45) is 0 Å². The molecule has 1 aromatic carbocycles. The number of hydrogen-bond donors (Lipinski definition) is 3. The summed E-state index contributed by atoms with van der Waals surface area (Å²) in [5, 5.41) is 13.5. The third-order valence-electron chi connectivity index (χ3n) is 1.61. The van der Waals surface area contributed by atoms with Crippen LogP contribution in [0.15, 0.2) is 16.9 Å². The number of halogens is 1. The molecule has 0 aliphatic carbocycles. The Morgan fingerprint density at radius 2 is 2.08 bits per heavy atom. The number of aromatic nitrogens is 2. The van der Waals surface area contributed by atoms with Crippen LogP contribution in [-0.2, 0) is 0 Å². The van der Waals surface area contributed by atoms with Gasteiger partial charge in [-0.1, -0.05) is 0 Å². The Hall–Kier alpha value is -1.78. The maximum atomic E-state index is 12.9.